The minimum Gasteiger partial charge on any atom is -0.466 e. The molecular formula is C15H17ClN4O3S. The number of thiazole rings is 1. The van der Waals surface area contributed by atoms with Crippen molar-refractivity contribution in [3.05, 3.63) is 33.9 Å². The molecule has 0 saturated heterocycles. The van der Waals surface area contributed by atoms with E-state index in [1.807, 2.05) is 14.1 Å². The van der Waals surface area contributed by atoms with E-state index in [1.165, 1.54) is 17.4 Å². The van der Waals surface area contributed by atoms with E-state index >= 15 is 0 Å². The molecule has 0 aliphatic heterocycles. The Labute approximate surface area is 148 Å². The summed E-state index contributed by atoms with van der Waals surface area (Å²) in [4.78, 5) is 33.8. The fraction of sp³-hybridized carbons (Fsp3) is 0.333. The molecule has 9 heteroatoms. The SMILES string of the molecule is CCOC(=O)Cc1csc(NC(=O)c2cc(Cl)nc(N(C)C)c2)n1. The summed E-state index contributed by atoms with van der Waals surface area (Å²) in [6, 6.07) is 3.12. The molecule has 1 amide bonds. The molecule has 0 saturated carbocycles. The Kier molecular flexibility index (Phi) is 6.10. The molecule has 0 atom stereocenters. The fourth-order valence-corrected chi connectivity index (χ4v) is 2.73. The number of hydrogen-bond donors (Lipinski definition) is 1. The van der Waals surface area contributed by atoms with E-state index in [0.29, 0.717) is 28.8 Å². The van der Waals surface area contributed by atoms with Crippen LogP contribution in [-0.2, 0) is 16.0 Å². The van der Waals surface area contributed by atoms with Crippen LogP contribution in [0.25, 0.3) is 0 Å². The third kappa shape index (κ3) is 4.90. The molecule has 2 aromatic heterocycles. The van der Waals surface area contributed by atoms with Gasteiger partial charge in [-0.1, -0.05) is 11.6 Å². The van der Waals surface area contributed by atoms with E-state index in [9.17, 15) is 9.59 Å². The molecule has 0 unspecified atom stereocenters. The number of esters is 1. The average Bonchev–Trinajstić information content (AvgIpc) is 2.93. The first kappa shape index (κ1) is 18.2. The highest BCUT2D eigenvalue weighted by atomic mass is 35.5. The predicted octanol–water partition coefficient (Wildman–Crippen LogP) is 2.62. The maximum absolute atomic E-state index is 12.3. The van der Waals surface area contributed by atoms with Crippen LogP contribution in [0.2, 0.25) is 5.15 Å². The van der Waals surface area contributed by atoms with Crippen molar-refractivity contribution in [2.24, 2.45) is 0 Å². The highest BCUT2D eigenvalue weighted by Crippen LogP contribution is 2.20. The Hall–Kier alpha value is -2.19. The van der Waals surface area contributed by atoms with Gasteiger partial charge in [0.1, 0.15) is 11.0 Å². The molecule has 2 heterocycles. The van der Waals surface area contributed by atoms with Crippen molar-refractivity contribution in [2.75, 3.05) is 30.9 Å². The standard InChI is InChI=1S/C15H17ClN4O3S/c1-4-23-13(21)7-10-8-24-15(17-10)19-14(22)9-5-11(16)18-12(6-9)20(2)3/h5-6,8H,4,7H2,1-3H3,(H,17,19,22). The van der Waals surface area contributed by atoms with Crippen LogP contribution >= 0.6 is 22.9 Å². The van der Waals surface area contributed by atoms with Crippen LogP contribution in [0.3, 0.4) is 0 Å². The second-order valence-electron chi connectivity index (χ2n) is 5.01. The van der Waals surface area contributed by atoms with Gasteiger partial charge in [0, 0.05) is 25.0 Å². The lowest BCUT2D eigenvalue weighted by atomic mass is 10.2. The van der Waals surface area contributed by atoms with Crippen molar-refractivity contribution < 1.29 is 14.3 Å². The second-order valence-corrected chi connectivity index (χ2v) is 6.26. The number of rotatable bonds is 6. The monoisotopic (exact) mass is 368 g/mol. The van der Waals surface area contributed by atoms with Gasteiger partial charge in [-0.15, -0.1) is 11.3 Å². The minimum atomic E-state index is -0.350. The van der Waals surface area contributed by atoms with Crippen molar-refractivity contribution in [2.45, 2.75) is 13.3 Å². The summed E-state index contributed by atoms with van der Waals surface area (Å²) >= 11 is 7.19. The molecule has 0 aromatic carbocycles. The predicted molar refractivity (Wildman–Crippen MR) is 94.0 cm³/mol. The van der Waals surface area contributed by atoms with E-state index < -0.39 is 0 Å². The highest BCUT2D eigenvalue weighted by Gasteiger charge is 2.14. The van der Waals surface area contributed by atoms with Gasteiger partial charge in [0.05, 0.1) is 18.7 Å². The first-order chi connectivity index (χ1) is 11.4. The zero-order chi connectivity index (χ0) is 17.7. The number of nitrogens with one attached hydrogen (secondary N) is 1. The lowest BCUT2D eigenvalue weighted by molar-refractivity contribution is -0.142. The molecule has 24 heavy (non-hydrogen) atoms. The normalized spacial score (nSPS) is 10.3. The van der Waals surface area contributed by atoms with Crippen LogP contribution in [-0.4, -0.2) is 42.5 Å². The molecule has 0 aliphatic rings. The smallest absolute Gasteiger partial charge is 0.311 e. The van der Waals surface area contributed by atoms with Crippen molar-refractivity contribution in [3.63, 3.8) is 0 Å². The van der Waals surface area contributed by atoms with E-state index in [2.05, 4.69) is 15.3 Å². The molecular weight excluding hydrogens is 352 g/mol. The molecule has 2 rings (SSSR count). The Morgan fingerprint density at radius 2 is 2.08 bits per heavy atom. The molecule has 0 bridgehead atoms. The van der Waals surface area contributed by atoms with Gasteiger partial charge in [-0.3, -0.25) is 14.9 Å². The van der Waals surface area contributed by atoms with Gasteiger partial charge in [-0.25, -0.2) is 9.97 Å². The lowest BCUT2D eigenvalue weighted by Gasteiger charge is -2.12. The van der Waals surface area contributed by atoms with Gasteiger partial charge in [0.25, 0.3) is 5.91 Å². The zero-order valence-corrected chi connectivity index (χ0v) is 15.1. The van der Waals surface area contributed by atoms with Gasteiger partial charge >= 0.3 is 5.97 Å². The summed E-state index contributed by atoms with van der Waals surface area (Å²) in [5.41, 5.74) is 0.927. The van der Waals surface area contributed by atoms with Crippen molar-refractivity contribution >= 4 is 45.8 Å². The Balaban J connectivity index is 2.07. The third-order valence-corrected chi connectivity index (χ3v) is 3.90. The Morgan fingerprint density at radius 3 is 2.75 bits per heavy atom. The number of amides is 1. The molecule has 7 nitrogen and oxygen atoms in total. The summed E-state index contributed by atoms with van der Waals surface area (Å²) in [6.07, 6.45) is 0.0755. The number of nitrogens with zero attached hydrogens (tertiary/aromatic N) is 3. The quantitative estimate of drug-likeness (QED) is 0.623. The molecule has 128 valence electrons. The highest BCUT2D eigenvalue weighted by molar-refractivity contribution is 7.14. The summed E-state index contributed by atoms with van der Waals surface area (Å²) in [6.45, 7) is 2.07. The number of carbonyl (C=O) groups is 2. The number of ether oxygens (including phenoxy) is 1. The van der Waals surface area contributed by atoms with Crippen molar-refractivity contribution in [3.8, 4) is 0 Å². The van der Waals surface area contributed by atoms with Gasteiger partial charge in [-0.05, 0) is 19.1 Å². The fourth-order valence-electron chi connectivity index (χ4n) is 1.82. The van der Waals surface area contributed by atoms with Gasteiger partial charge in [-0.2, -0.15) is 0 Å². The van der Waals surface area contributed by atoms with Gasteiger partial charge in [0.2, 0.25) is 0 Å². The molecule has 2 aromatic rings. The summed E-state index contributed by atoms with van der Waals surface area (Å²) in [7, 11) is 3.62. The van der Waals surface area contributed by atoms with Crippen LogP contribution in [0.5, 0.6) is 0 Å². The molecule has 0 aliphatic carbocycles. The van der Waals surface area contributed by atoms with Crippen LogP contribution in [0.15, 0.2) is 17.5 Å². The van der Waals surface area contributed by atoms with Gasteiger partial charge in [0.15, 0.2) is 5.13 Å². The van der Waals surface area contributed by atoms with Gasteiger partial charge < -0.3 is 9.64 Å². The van der Waals surface area contributed by atoms with Crippen LogP contribution in [0.1, 0.15) is 23.0 Å². The maximum atomic E-state index is 12.3. The first-order valence-corrected chi connectivity index (χ1v) is 8.41. The van der Waals surface area contributed by atoms with E-state index in [4.69, 9.17) is 16.3 Å². The van der Waals surface area contributed by atoms with E-state index in [0.717, 1.165) is 0 Å². The molecule has 1 N–H and O–H groups in total. The number of halogens is 1. The number of carbonyl (C=O) groups excluding carboxylic acids is 2. The van der Waals surface area contributed by atoms with Crippen LogP contribution in [0, 0.1) is 0 Å². The first-order valence-electron chi connectivity index (χ1n) is 7.15. The maximum Gasteiger partial charge on any atom is 0.311 e. The topological polar surface area (TPSA) is 84.4 Å². The molecule has 0 fully saturated rings. The zero-order valence-electron chi connectivity index (χ0n) is 13.5. The van der Waals surface area contributed by atoms with E-state index in [-0.39, 0.29) is 23.5 Å². The largest absolute Gasteiger partial charge is 0.466 e. The average molecular weight is 369 g/mol. The minimum absolute atomic E-state index is 0.0755. The number of hydrogen-bond acceptors (Lipinski definition) is 7. The lowest BCUT2D eigenvalue weighted by Crippen LogP contribution is -2.15. The summed E-state index contributed by atoms with van der Waals surface area (Å²) in [5.74, 6) is -0.119. The van der Waals surface area contributed by atoms with Crippen molar-refractivity contribution in [1.29, 1.82) is 0 Å². The Morgan fingerprint density at radius 1 is 1.33 bits per heavy atom. The summed E-state index contributed by atoms with van der Waals surface area (Å²) in [5, 5.41) is 5.03. The molecule has 0 spiro atoms. The van der Waals surface area contributed by atoms with Crippen LogP contribution < -0.4 is 10.2 Å². The number of anilines is 2. The summed E-state index contributed by atoms with van der Waals surface area (Å²) < 4.78 is 4.87. The van der Waals surface area contributed by atoms with Crippen molar-refractivity contribution in [1.82, 2.24) is 9.97 Å². The number of aromatic nitrogens is 2. The second kappa shape index (κ2) is 8.07. The third-order valence-electron chi connectivity index (χ3n) is 2.90. The number of pyridine rings is 1. The Bertz CT molecular complexity index is 748. The van der Waals surface area contributed by atoms with E-state index in [1.54, 1.807) is 23.3 Å². The van der Waals surface area contributed by atoms with Crippen LogP contribution in [0.4, 0.5) is 10.9 Å². The molecule has 0 radical (unpaired) electrons.